The molecular weight excluding hydrogens is 218 g/mol. The highest BCUT2D eigenvalue weighted by Crippen LogP contribution is 2.27. The number of nitriles is 1. The molecule has 1 aromatic carbocycles. The second-order valence-corrected chi connectivity index (χ2v) is 3.17. The average Bonchev–Trinajstić information content (AvgIpc) is 2.33. The Morgan fingerprint density at radius 1 is 1.53 bits per heavy atom. The fraction of sp³-hybridized carbons (Fsp3) is 0.250. The molecule has 0 saturated heterocycles. The highest BCUT2D eigenvalue weighted by Gasteiger charge is 2.18. The van der Waals surface area contributed by atoms with E-state index in [0.29, 0.717) is 18.7 Å². The van der Waals surface area contributed by atoms with Gasteiger partial charge in [0, 0.05) is 13.0 Å². The standard InChI is InChI=1S/C12H11N3O2/c1-2-3-4-8-14-11-7-5-6-10(9-13)12(11)15(16)17/h5-7,14H,4,8H2,1H3. The van der Waals surface area contributed by atoms with E-state index in [9.17, 15) is 10.1 Å². The molecule has 0 spiro atoms. The van der Waals surface area contributed by atoms with Crippen LogP contribution < -0.4 is 5.32 Å². The molecule has 0 aromatic heterocycles. The maximum atomic E-state index is 10.9. The van der Waals surface area contributed by atoms with Gasteiger partial charge in [0.25, 0.3) is 0 Å². The SMILES string of the molecule is CC#CCCNc1cccc(C#N)c1[N+](=O)[O-]. The van der Waals surface area contributed by atoms with E-state index in [-0.39, 0.29) is 11.3 Å². The van der Waals surface area contributed by atoms with E-state index in [1.807, 2.05) is 6.07 Å². The Bertz CT molecular complexity index is 521. The van der Waals surface area contributed by atoms with Crippen molar-refractivity contribution in [2.75, 3.05) is 11.9 Å². The van der Waals surface area contributed by atoms with Gasteiger partial charge < -0.3 is 5.32 Å². The van der Waals surface area contributed by atoms with Crippen molar-refractivity contribution in [3.05, 3.63) is 33.9 Å². The molecule has 5 nitrogen and oxygen atoms in total. The Morgan fingerprint density at radius 3 is 2.88 bits per heavy atom. The van der Waals surface area contributed by atoms with E-state index < -0.39 is 4.92 Å². The first-order valence-corrected chi connectivity index (χ1v) is 5.01. The molecule has 0 aliphatic carbocycles. The van der Waals surface area contributed by atoms with Gasteiger partial charge in [0.15, 0.2) is 0 Å². The predicted octanol–water partition coefficient (Wildman–Crippen LogP) is 2.29. The minimum atomic E-state index is -0.549. The molecule has 0 atom stereocenters. The summed E-state index contributed by atoms with van der Waals surface area (Å²) >= 11 is 0. The first kappa shape index (κ1) is 12.5. The summed E-state index contributed by atoms with van der Waals surface area (Å²) in [7, 11) is 0. The van der Waals surface area contributed by atoms with Gasteiger partial charge in [-0.1, -0.05) is 6.07 Å². The summed E-state index contributed by atoms with van der Waals surface area (Å²) in [5.41, 5.74) is 0.230. The van der Waals surface area contributed by atoms with Gasteiger partial charge in [0.2, 0.25) is 0 Å². The summed E-state index contributed by atoms with van der Waals surface area (Å²) in [6.07, 6.45) is 0.602. The van der Waals surface area contributed by atoms with Crippen molar-refractivity contribution in [2.24, 2.45) is 0 Å². The molecule has 1 aromatic rings. The van der Waals surface area contributed by atoms with Crippen molar-refractivity contribution >= 4 is 11.4 Å². The third-order valence-corrected chi connectivity index (χ3v) is 2.08. The second-order valence-electron chi connectivity index (χ2n) is 3.17. The monoisotopic (exact) mass is 229 g/mol. The van der Waals surface area contributed by atoms with Crippen molar-refractivity contribution in [1.29, 1.82) is 5.26 Å². The Balaban J connectivity index is 2.94. The third-order valence-electron chi connectivity index (χ3n) is 2.08. The largest absolute Gasteiger partial charge is 0.378 e. The van der Waals surface area contributed by atoms with Gasteiger partial charge >= 0.3 is 5.69 Å². The Hall–Kier alpha value is -2.53. The van der Waals surface area contributed by atoms with E-state index in [1.165, 1.54) is 6.07 Å². The first-order valence-electron chi connectivity index (χ1n) is 5.01. The minimum Gasteiger partial charge on any atom is -0.378 e. The van der Waals surface area contributed by atoms with E-state index >= 15 is 0 Å². The molecule has 17 heavy (non-hydrogen) atoms. The van der Waals surface area contributed by atoms with Crippen LogP contribution in [0.1, 0.15) is 18.9 Å². The number of rotatable bonds is 4. The van der Waals surface area contributed by atoms with E-state index in [4.69, 9.17) is 5.26 Å². The van der Waals surface area contributed by atoms with Crippen LogP contribution in [0.25, 0.3) is 0 Å². The lowest BCUT2D eigenvalue weighted by molar-refractivity contribution is -0.384. The fourth-order valence-electron chi connectivity index (χ4n) is 1.36. The smallest absolute Gasteiger partial charge is 0.309 e. The highest BCUT2D eigenvalue weighted by atomic mass is 16.6. The van der Waals surface area contributed by atoms with Gasteiger partial charge in [-0.15, -0.1) is 11.8 Å². The molecule has 86 valence electrons. The number of para-hydroxylation sites is 1. The number of anilines is 1. The number of hydrogen-bond acceptors (Lipinski definition) is 4. The predicted molar refractivity (Wildman–Crippen MR) is 64.4 cm³/mol. The minimum absolute atomic E-state index is 0.0570. The summed E-state index contributed by atoms with van der Waals surface area (Å²) in [4.78, 5) is 10.3. The Labute approximate surface area is 99.2 Å². The lowest BCUT2D eigenvalue weighted by atomic mass is 10.1. The van der Waals surface area contributed by atoms with E-state index in [1.54, 1.807) is 19.1 Å². The van der Waals surface area contributed by atoms with Gasteiger partial charge in [-0.3, -0.25) is 10.1 Å². The zero-order valence-electron chi connectivity index (χ0n) is 9.36. The molecule has 0 unspecified atom stereocenters. The van der Waals surface area contributed by atoms with Gasteiger partial charge in [0.05, 0.1) is 4.92 Å². The Kier molecular flexibility index (Phi) is 4.53. The van der Waals surface area contributed by atoms with Crippen molar-refractivity contribution in [1.82, 2.24) is 0 Å². The van der Waals surface area contributed by atoms with Crippen molar-refractivity contribution < 1.29 is 4.92 Å². The molecule has 0 aliphatic rings. The molecule has 0 heterocycles. The number of nitrogens with one attached hydrogen (secondary N) is 1. The van der Waals surface area contributed by atoms with Crippen LogP contribution in [0.5, 0.6) is 0 Å². The Morgan fingerprint density at radius 2 is 2.29 bits per heavy atom. The molecule has 1 N–H and O–H groups in total. The molecule has 0 radical (unpaired) electrons. The van der Waals surface area contributed by atoms with Crippen molar-refractivity contribution in [2.45, 2.75) is 13.3 Å². The third kappa shape index (κ3) is 3.22. The fourth-order valence-corrected chi connectivity index (χ4v) is 1.36. The molecular formula is C12H11N3O2. The number of benzene rings is 1. The lowest BCUT2D eigenvalue weighted by Gasteiger charge is -2.05. The van der Waals surface area contributed by atoms with Crippen LogP contribution in [-0.2, 0) is 0 Å². The van der Waals surface area contributed by atoms with E-state index in [2.05, 4.69) is 17.2 Å². The van der Waals surface area contributed by atoms with Gasteiger partial charge in [-0.05, 0) is 19.1 Å². The maximum absolute atomic E-state index is 10.9. The van der Waals surface area contributed by atoms with Crippen LogP contribution >= 0.6 is 0 Å². The van der Waals surface area contributed by atoms with Gasteiger partial charge in [-0.2, -0.15) is 5.26 Å². The molecule has 0 fully saturated rings. The summed E-state index contributed by atoms with van der Waals surface area (Å²) in [6.45, 7) is 2.25. The molecule has 0 aliphatic heterocycles. The number of nitrogens with zero attached hydrogens (tertiary/aromatic N) is 2. The first-order chi connectivity index (χ1) is 8.20. The lowest BCUT2D eigenvalue weighted by Crippen LogP contribution is -2.04. The molecule has 1 rings (SSSR count). The van der Waals surface area contributed by atoms with Crippen LogP contribution in [0.3, 0.4) is 0 Å². The molecule has 5 heteroatoms. The quantitative estimate of drug-likeness (QED) is 0.372. The maximum Gasteiger partial charge on any atom is 0.309 e. The highest BCUT2D eigenvalue weighted by molar-refractivity contribution is 5.68. The normalized spacial score (nSPS) is 8.71. The van der Waals surface area contributed by atoms with Crippen LogP contribution in [0, 0.1) is 33.3 Å². The summed E-state index contributed by atoms with van der Waals surface area (Å²) in [5.74, 6) is 5.59. The summed E-state index contributed by atoms with van der Waals surface area (Å²) < 4.78 is 0. The van der Waals surface area contributed by atoms with Crippen LogP contribution in [0.2, 0.25) is 0 Å². The van der Waals surface area contributed by atoms with Crippen LogP contribution in [0.4, 0.5) is 11.4 Å². The van der Waals surface area contributed by atoms with Gasteiger partial charge in [0.1, 0.15) is 17.3 Å². The van der Waals surface area contributed by atoms with Gasteiger partial charge in [-0.25, -0.2) is 0 Å². The molecule has 0 bridgehead atoms. The average molecular weight is 229 g/mol. The van der Waals surface area contributed by atoms with E-state index in [0.717, 1.165) is 0 Å². The number of nitro groups is 1. The van der Waals surface area contributed by atoms with Crippen molar-refractivity contribution in [3.63, 3.8) is 0 Å². The molecule has 0 amide bonds. The molecule has 0 saturated carbocycles. The zero-order chi connectivity index (χ0) is 12.7. The number of nitro benzene ring substituents is 1. The number of hydrogen-bond donors (Lipinski definition) is 1. The van der Waals surface area contributed by atoms with Crippen LogP contribution in [0.15, 0.2) is 18.2 Å². The topological polar surface area (TPSA) is 79.0 Å². The second kappa shape index (κ2) is 6.14. The van der Waals surface area contributed by atoms with Crippen molar-refractivity contribution in [3.8, 4) is 17.9 Å². The summed E-state index contributed by atoms with van der Waals surface area (Å²) in [6, 6.07) is 6.43. The summed E-state index contributed by atoms with van der Waals surface area (Å²) in [5, 5.41) is 22.6. The zero-order valence-corrected chi connectivity index (χ0v) is 9.36. The van der Waals surface area contributed by atoms with Crippen LogP contribution in [-0.4, -0.2) is 11.5 Å².